The highest BCUT2D eigenvalue weighted by Gasteiger charge is 2.44. The van der Waals surface area contributed by atoms with Crippen LogP contribution in [0, 0.1) is 34.6 Å². The van der Waals surface area contributed by atoms with Crippen LogP contribution in [0.2, 0.25) is 0 Å². The molecule has 2 aromatic carbocycles. The number of rotatable bonds is 4. The number of aryl methyl sites for hydroxylation is 5. The van der Waals surface area contributed by atoms with Crippen LogP contribution in [-0.2, 0) is 4.79 Å². The van der Waals surface area contributed by atoms with Gasteiger partial charge in [0, 0.05) is 18.1 Å². The molecule has 3 aliphatic heterocycles. The second-order valence-corrected chi connectivity index (χ2v) is 10.5. The van der Waals surface area contributed by atoms with E-state index in [0.717, 1.165) is 28.4 Å². The molecule has 2 aromatic rings. The lowest BCUT2D eigenvalue weighted by Crippen LogP contribution is -2.54. The van der Waals surface area contributed by atoms with E-state index >= 15 is 0 Å². The zero-order valence-corrected chi connectivity index (χ0v) is 21.2. The van der Waals surface area contributed by atoms with E-state index in [-0.39, 0.29) is 24.2 Å². The molecule has 1 fully saturated rings. The molecule has 0 spiro atoms. The van der Waals surface area contributed by atoms with Crippen LogP contribution in [0.3, 0.4) is 0 Å². The van der Waals surface area contributed by atoms with Crippen LogP contribution in [0.1, 0.15) is 45.8 Å². The molecule has 3 N–H and O–H groups in total. The minimum absolute atomic E-state index is 0.0219. The molecule has 178 valence electrons. The van der Waals surface area contributed by atoms with Crippen LogP contribution in [-0.4, -0.2) is 38.9 Å². The Balaban J connectivity index is 1.21. The zero-order chi connectivity index (χ0) is 24.0. The van der Waals surface area contributed by atoms with E-state index in [2.05, 4.69) is 88.5 Å². The number of nitrogens with zero attached hydrogens (tertiary/aromatic N) is 3. The van der Waals surface area contributed by atoms with Crippen LogP contribution in [0.4, 0.5) is 5.69 Å². The highest BCUT2D eigenvalue weighted by atomic mass is 32.2. The molecule has 0 aliphatic carbocycles. The molecule has 3 heterocycles. The Hall–Kier alpha value is -2.97. The number of nitrogens with one attached hydrogen (secondary N) is 3. The number of thioether (sulfide) groups is 1. The number of hydrazine groups is 1. The van der Waals surface area contributed by atoms with Crippen LogP contribution >= 0.6 is 11.8 Å². The van der Waals surface area contributed by atoms with Crippen molar-refractivity contribution in [3.63, 3.8) is 0 Å². The third-order valence-electron chi connectivity index (χ3n) is 6.79. The second kappa shape index (κ2) is 9.00. The molecule has 0 saturated carbocycles. The Morgan fingerprint density at radius 3 is 2.59 bits per heavy atom. The van der Waals surface area contributed by atoms with E-state index in [1.165, 1.54) is 34.0 Å². The third kappa shape index (κ3) is 4.28. The molecular weight excluding hydrogens is 444 g/mol. The van der Waals surface area contributed by atoms with Crippen LogP contribution < -0.4 is 16.2 Å². The monoisotopic (exact) mass is 476 g/mol. The van der Waals surface area contributed by atoms with Gasteiger partial charge in [0.2, 0.25) is 5.91 Å². The Bertz CT molecular complexity index is 1170. The lowest BCUT2D eigenvalue weighted by Gasteiger charge is -2.36. The van der Waals surface area contributed by atoms with Gasteiger partial charge >= 0.3 is 0 Å². The molecule has 5 rings (SSSR count). The van der Waals surface area contributed by atoms with Crippen molar-refractivity contribution in [1.82, 2.24) is 20.8 Å². The highest BCUT2D eigenvalue weighted by Crippen LogP contribution is 2.36. The summed E-state index contributed by atoms with van der Waals surface area (Å²) in [5, 5.41) is 10.7. The van der Waals surface area contributed by atoms with Gasteiger partial charge in [0.25, 0.3) is 0 Å². The van der Waals surface area contributed by atoms with Crippen molar-refractivity contribution < 1.29 is 4.79 Å². The first kappa shape index (κ1) is 22.8. The van der Waals surface area contributed by atoms with Gasteiger partial charge in [-0.3, -0.25) is 10.2 Å². The first-order valence-corrected chi connectivity index (χ1v) is 12.7. The first-order valence-electron chi connectivity index (χ1n) is 11.7. The van der Waals surface area contributed by atoms with E-state index in [4.69, 9.17) is 0 Å². The normalized spacial score (nSPS) is 22.9. The maximum Gasteiger partial charge on any atom is 0.234 e. The van der Waals surface area contributed by atoms with E-state index in [1.807, 2.05) is 20.0 Å². The fourth-order valence-electron chi connectivity index (χ4n) is 5.17. The van der Waals surface area contributed by atoms with Gasteiger partial charge in [0.05, 0.1) is 17.8 Å². The number of amides is 1. The Morgan fingerprint density at radius 1 is 1.06 bits per heavy atom. The average Bonchev–Trinajstić information content (AvgIpc) is 3.40. The van der Waals surface area contributed by atoms with Crippen molar-refractivity contribution in [2.75, 3.05) is 11.1 Å². The Kier molecular flexibility index (Phi) is 6.04. The number of anilines is 1. The average molecular weight is 477 g/mol. The smallest absolute Gasteiger partial charge is 0.234 e. The molecule has 0 bridgehead atoms. The van der Waals surface area contributed by atoms with E-state index in [9.17, 15) is 4.79 Å². The predicted molar refractivity (Wildman–Crippen MR) is 139 cm³/mol. The van der Waals surface area contributed by atoms with E-state index in [0.29, 0.717) is 5.75 Å². The SMILES string of the molecule is Cc1cc(C)c(NC(=O)CSC2=NNC3C4CC(c5cc(C)ccc5C)NN4C=CN23)c(C)c1. The van der Waals surface area contributed by atoms with Crippen LogP contribution in [0.5, 0.6) is 0 Å². The van der Waals surface area contributed by atoms with Gasteiger partial charge in [0.1, 0.15) is 6.17 Å². The number of hydrogen-bond donors (Lipinski definition) is 3. The summed E-state index contributed by atoms with van der Waals surface area (Å²) >= 11 is 1.46. The Labute approximate surface area is 205 Å². The fourth-order valence-corrected chi connectivity index (χ4v) is 5.94. The van der Waals surface area contributed by atoms with Gasteiger partial charge in [-0.15, -0.1) is 0 Å². The van der Waals surface area contributed by atoms with E-state index in [1.54, 1.807) is 0 Å². The minimum atomic E-state index is -0.0219. The van der Waals surface area contributed by atoms with Crippen molar-refractivity contribution in [3.8, 4) is 0 Å². The molecular formula is C26H32N6OS. The number of fused-ring (bicyclic) bond motifs is 3. The highest BCUT2D eigenvalue weighted by molar-refractivity contribution is 8.14. The summed E-state index contributed by atoms with van der Waals surface area (Å²) < 4.78 is 0. The zero-order valence-electron chi connectivity index (χ0n) is 20.3. The minimum Gasteiger partial charge on any atom is -0.325 e. The first-order chi connectivity index (χ1) is 16.3. The number of hydrazone groups is 1. The Morgan fingerprint density at radius 2 is 1.82 bits per heavy atom. The molecule has 1 amide bonds. The molecule has 3 aliphatic rings. The van der Waals surface area contributed by atoms with Gasteiger partial charge in [-0.05, 0) is 63.3 Å². The summed E-state index contributed by atoms with van der Waals surface area (Å²) in [5.41, 5.74) is 15.2. The summed E-state index contributed by atoms with van der Waals surface area (Å²) in [6, 6.07) is 11.3. The largest absolute Gasteiger partial charge is 0.325 e. The summed E-state index contributed by atoms with van der Waals surface area (Å²) in [6.45, 7) is 10.4. The van der Waals surface area contributed by atoms with Crippen LogP contribution in [0.15, 0.2) is 47.8 Å². The lowest BCUT2D eigenvalue weighted by molar-refractivity contribution is -0.113. The summed E-state index contributed by atoms with van der Waals surface area (Å²) in [5.74, 6) is 0.286. The summed E-state index contributed by atoms with van der Waals surface area (Å²) in [4.78, 5) is 14.8. The van der Waals surface area contributed by atoms with Gasteiger partial charge in [-0.25, -0.2) is 5.43 Å². The molecule has 1 saturated heterocycles. The molecule has 7 nitrogen and oxygen atoms in total. The maximum absolute atomic E-state index is 12.7. The van der Waals surface area contributed by atoms with Gasteiger partial charge in [0.15, 0.2) is 5.17 Å². The molecule has 34 heavy (non-hydrogen) atoms. The third-order valence-corrected chi connectivity index (χ3v) is 7.76. The maximum atomic E-state index is 12.7. The number of carbonyl (C=O) groups excluding carboxylic acids is 1. The van der Waals surface area contributed by atoms with Gasteiger partial charge in [-0.1, -0.05) is 53.2 Å². The molecule has 3 unspecified atom stereocenters. The molecule has 0 radical (unpaired) electrons. The van der Waals surface area contributed by atoms with Crippen molar-refractivity contribution in [1.29, 1.82) is 0 Å². The predicted octanol–water partition coefficient (Wildman–Crippen LogP) is 4.21. The number of carbonyl (C=O) groups is 1. The van der Waals surface area contributed by atoms with Crippen LogP contribution in [0.25, 0.3) is 0 Å². The lowest BCUT2D eigenvalue weighted by atomic mass is 9.95. The standard InChI is InChI=1S/C26H32N6OS/c1-15-6-7-17(3)20(12-15)21-13-22-25-28-29-26(31(25)8-9-32(22)30-21)34-14-23(33)27-24-18(4)10-16(2)11-19(24)5/h6-12,21-22,25,28,30H,13-14H2,1-5H3,(H,27,33). The number of amidine groups is 1. The molecule has 8 heteroatoms. The number of benzene rings is 2. The molecule has 3 atom stereocenters. The topological polar surface area (TPSA) is 72.0 Å². The summed E-state index contributed by atoms with van der Waals surface area (Å²) in [6.07, 6.45) is 5.13. The van der Waals surface area contributed by atoms with Crippen molar-refractivity contribution in [2.24, 2.45) is 5.10 Å². The number of hydrogen-bond acceptors (Lipinski definition) is 7. The van der Waals surface area contributed by atoms with Gasteiger partial charge in [-0.2, -0.15) is 5.10 Å². The second-order valence-electron chi connectivity index (χ2n) is 9.54. The molecule has 0 aromatic heterocycles. The summed E-state index contributed by atoms with van der Waals surface area (Å²) in [7, 11) is 0. The van der Waals surface area contributed by atoms with Gasteiger partial charge < -0.3 is 15.2 Å². The van der Waals surface area contributed by atoms with Crippen molar-refractivity contribution in [3.05, 3.63) is 76.1 Å². The van der Waals surface area contributed by atoms with Crippen molar-refractivity contribution in [2.45, 2.75) is 59.3 Å². The van der Waals surface area contributed by atoms with Crippen molar-refractivity contribution >= 4 is 28.5 Å². The quantitative estimate of drug-likeness (QED) is 0.614. The fraction of sp³-hybridized carbons (Fsp3) is 0.385. The van der Waals surface area contributed by atoms with E-state index < -0.39 is 0 Å².